The lowest BCUT2D eigenvalue weighted by molar-refractivity contribution is -0.384. The lowest BCUT2D eigenvalue weighted by Crippen LogP contribution is -2.31. The van der Waals surface area contributed by atoms with Crippen LogP contribution < -0.4 is 5.46 Å². The molecule has 3 N–H and O–H groups in total. The van der Waals surface area contributed by atoms with E-state index >= 15 is 0 Å². The summed E-state index contributed by atoms with van der Waals surface area (Å²) < 4.78 is 9.96. The number of hydrogen-bond donors (Lipinski definition) is 3. The van der Waals surface area contributed by atoms with Crippen LogP contribution in [0.5, 0.6) is 0 Å². The fraction of sp³-hybridized carbons (Fsp3) is 0.00935. The molecule has 1 aliphatic carbocycles. The SMILES string of the molecule is Brc1cccc2c1-c1ccccc1C2.Clc1c(-n2c3ccccc3c3c(Br)cccc32)ccc2ccccc12.Clc1c(-n2c3ccccc3c3c4c(ccc32)[nH]c2ccccc24)ccc2ccccc12.Clc1c(Br)ccc2ccccc12.O=[N+]([O-])c1ccccc1-c1cccc2c1c1ccccc1n2-c1ccc2ccccc2c1Cl.O=[N+]([O-])c1ccccc1B(O)O. The van der Waals surface area contributed by atoms with Crippen LogP contribution in [0.15, 0.2) is 396 Å². The molecule has 0 bridgehead atoms. The molecule has 614 valence electrons. The van der Waals surface area contributed by atoms with Gasteiger partial charge in [0.2, 0.25) is 0 Å². The maximum Gasteiger partial charge on any atom is 0.495 e. The van der Waals surface area contributed by atoms with Crippen LogP contribution in [0.2, 0.25) is 20.1 Å². The van der Waals surface area contributed by atoms with Crippen molar-refractivity contribution in [2.75, 3.05) is 0 Å². The first-order valence-electron chi connectivity index (χ1n) is 40.7. The third kappa shape index (κ3) is 15.5. The van der Waals surface area contributed by atoms with Crippen LogP contribution in [0.1, 0.15) is 11.1 Å². The number of halogens is 7. The van der Waals surface area contributed by atoms with Gasteiger partial charge in [0.05, 0.1) is 91.1 Å². The Bertz CT molecular complexity index is 8340. The molecule has 24 rings (SSSR count). The molecule has 0 spiro atoms. The Morgan fingerprint density at radius 2 is 0.669 bits per heavy atom. The summed E-state index contributed by atoms with van der Waals surface area (Å²) in [6, 6.07) is 127. The molecule has 12 nitrogen and oxygen atoms in total. The first kappa shape index (κ1) is 83.4. The first-order chi connectivity index (χ1) is 62.0. The molecule has 4 aromatic heterocycles. The molecule has 4 heterocycles. The Hall–Kier alpha value is -13.2. The molecule has 0 saturated carbocycles. The summed E-state index contributed by atoms with van der Waals surface area (Å²) in [5, 5.41) is 60.7. The van der Waals surface area contributed by atoms with Crippen molar-refractivity contribution >= 4 is 248 Å². The number of nitro benzene ring substituents is 2. The normalized spacial score (nSPS) is 11.4. The smallest absolute Gasteiger partial charge is 0.423 e. The highest BCUT2D eigenvalue weighted by molar-refractivity contribution is 9.11. The Morgan fingerprint density at radius 1 is 0.291 bits per heavy atom. The maximum absolute atomic E-state index is 11.8. The summed E-state index contributed by atoms with van der Waals surface area (Å²) in [7, 11) is -1.80. The standard InChI is InChI=1S/C28H17ClN2O2.C28H17ClN2.C22H13BrClN.C13H9Br.C10H6BrCl.C6H6BNO4/c29-28-19-9-2-1-8-18(19)16-17-26(28)30-23-13-5-4-11-22(23)27-21(12-7-15-25(27)30)20-10-3-6-14-24(20)31(32)33;29-28-18-8-2-1-7-17(18)13-15-25(28)31-23-12-6-4-10-20(23)27-24(31)16-14-22-26(27)19-9-3-5-11-21(19)30-22;23-17-9-5-11-19-21(17)16-8-3-4-10-18(16)25(19)20-13-12-14-6-1-2-7-15(14)22(20)24;14-12-7-3-5-10-8-9-4-1-2-6-11(9)13(10)12;11-9-6-5-7-3-1-2-4-8(7)10(9)12;9-7(10)5-3-1-2-4-6(5)8(11)12/h1-17H;1-16,30H;1-13H;1-7H,8H2;1-6H;1-4,9-10H. The second-order valence-corrected chi connectivity index (χ2v) is 34.5. The number of nitro groups is 2. The van der Waals surface area contributed by atoms with E-state index in [1.165, 1.54) is 88.7 Å². The van der Waals surface area contributed by atoms with E-state index < -0.39 is 12.0 Å². The van der Waals surface area contributed by atoms with Gasteiger partial charge in [-0.15, -0.1) is 0 Å². The lowest BCUT2D eigenvalue weighted by atomic mass is 9.79. The number of aromatic nitrogens is 4. The quantitative estimate of drug-likeness (QED) is 0.0819. The number of fused-ring (bicyclic) bond motifs is 20. The van der Waals surface area contributed by atoms with E-state index in [4.69, 9.17) is 56.5 Å². The monoisotopic (exact) mass is 1920 g/mol. The van der Waals surface area contributed by atoms with Gasteiger partial charge in [0, 0.05) is 101 Å². The van der Waals surface area contributed by atoms with Crippen molar-refractivity contribution in [2.45, 2.75) is 6.42 Å². The molecule has 23 aromatic rings. The summed E-state index contributed by atoms with van der Waals surface area (Å²) in [5.41, 5.74) is 18.5. The van der Waals surface area contributed by atoms with Gasteiger partial charge in [0.25, 0.3) is 11.4 Å². The van der Waals surface area contributed by atoms with E-state index in [0.29, 0.717) is 10.6 Å². The highest BCUT2D eigenvalue weighted by Gasteiger charge is 2.27. The van der Waals surface area contributed by atoms with Crippen LogP contribution in [-0.2, 0) is 6.42 Å². The maximum atomic E-state index is 11.8. The van der Waals surface area contributed by atoms with Crippen molar-refractivity contribution in [3.8, 4) is 39.3 Å². The Labute approximate surface area is 773 Å². The number of benzene rings is 19. The van der Waals surface area contributed by atoms with Crippen molar-refractivity contribution in [3.05, 3.63) is 447 Å². The van der Waals surface area contributed by atoms with Crippen LogP contribution in [0.25, 0.3) is 170 Å². The summed E-state index contributed by atoms with van der Waals surface area (Å²) in [4.78, 5) is 24.7. The second-order valence-electron chi connectivity index (χ2n) is 30.5. The zero-order valence-corrected chi connectivity index (χ0v) is 74.8. The summed E-state index contributed by atoms with van der Waals surface area (Å²) in [6.07, 6.45) is 1.07. The molecule has 19 aromatic carbocycles. The predicted octanol–water partition coefficient (Wildman–Crippen LogP) is 31.3. The van der Waals surface area contributed by atoms with Gasteiger partial charge in [0.1, 0.15) is 0 Å². The van der Waals surface area contributed by atoms with Crippen molar-refractivity contribution in [3.63, 3.8) is 0 Å². The highest BCUT2D eigenvalue weighted by atomic mass is 79.9. The van der Waals surface area contributed by atoms with Gasteiger partial charge >= 0.3 is 7.12 Å². The minimum atomic E-state index is -1.80. The van der Waals surface area contributed by atoms with E-state index in [0.717, 1.165) is 146 Å². The Balaban J connectivity index is 0.000000104. The van der Waals surface area contributed by atoms with Gasteiger partial charge in [-0.3, -0.25) is 20.2 Å². The van der Waals surface area contributed by atoms with E-state index in [1.54, 1.807) is 12.1 Å². The number of hydrogen-bond acceptors (Lipinski definition) is 6. The number of nitrogens with one attached hydrogen (secondary N) is 1. The molecule has 0 amide bonds. The van der Waals surface area contributed by atoms with Gasteiger partial charge in [-0.05, 0) is 163 Å². The molecule has 127 heavy (non-hydrogen) atoms. The lowest BCUT2D eigenvalue weighted by Gasteiger charge is -2.12. The largest absolute Gasteiger partial charge is 0.495 e. The summed E-state index contributed by atoms with van der Waals surface area (Å²) >= 11 is 37.6. The molecule has 0 radical (unpaired) electrons. The van der Waals surface area contributed by atoms with Crippen LogP contribution in [0.4, 0.5) is 11.4 Å². The summed E-state index contributed by atoms with van der Waals surface area (Å²) in [5.74, 6) is 0. The predicted molar refractivity (Wildman–Crippen MR) is 541 cm³/mol. The van der Waals surface area contributed by atoms with E-state index in [1.807, 2.05) is 133 Å². The van der Waals surface area contributed by atoms with Crippen molar-refractivity contribution < 1.29 is 19.9 Å². The van der Waals surface area contributed by atoms with E-state index in [9.17, 15) is 20.2 Å². The third-order valence-corrected chi connectivity index (χ3v) is 27.1. The second kappa shape index (κ2) is 35.7. The fourth-order valence-electron chi connectivity index (χ4n) is 17.7. The zero-order valence-electron chi connectivity index (χ0n) is 67.1. The minimum absolute atomic E-state index is 0.0885. The Morgan fingerprint density at radius 3 is 1.20 bits per heavy atom. The molecule has 0 unspecified atom stereocenters. The highest BCUT2D eigenvalue weighted by Crippen LogP contribution is 2.48. The fourth-order valence-corrected chi connectivity index (χ4v) is 20.4. The van der Waals surface area contributed by atoms with Crippen LogP contribution in [0.3, 0.4) is 0 Å². The van der Waals surface area contributed by atoms with E-state index in [2.05, 4.69) is 279 Å². The average Bonchev–Trinajstić information content (AvgIpc) is 1.56. The van der Waals surface area contributed by atoms with Gasteiger partial charge in [0.15, 0.2) is 0 Å². The molecule has 0 aliphatic heterocycles. The van der Waals surface area contributed by atoms with Crippen molar-refractivity contribution in [2.24, 2.45) is 0 Å². The molecule has 1 aliphatic rings. The van der Waals surface area contributed by atoms with Crippen molar-refractivity contribution in [1.29, 1.82) is 0 Å². The molecular formula is C107H68BBr3Cl4N6O6. The van der Waals surface area contributed by atoms with Gasteiger partial charge < -0.3 is 28.7 Å². The van der Waals surface area contributed by atoms with Gasteiger partial charge in [-0.2, -0.15) is 0 Å². The third-order valence-electron chi connectivity index (χ3n) is 23.3. The molecule has 0 fully saturated rings. The number of aromatic amines is 1. The molecular weight excluding hydrogens is 1860 g/mol. The number of H-pyrrole nitrogens is 1. The van der Waals surface area contributed by atoms with Gasteiger partial charge in [-0.25, -0.2) is 0 Å². The number of para-hydroxylation sites is 6. The topological polar surface area (TPSA) is 157 Å². The minimum Gasteiger partial charge on any atom is -0.423 e. The first-order valence-corrected chi connectivity index (χ1v) is 44.6. The van der Waals surface area contributed by atoms with E-state index in [-0.39, 0.29) is 21.8 Å². The van der Waals surface area contributed by atoms with Gasteiger partial charge in [-0.1, -0.05) is 357 Å². The van der Waals surface area contributed by atoms with Crippen LogP contribution >= 0.6 is 94.2 Å². The summed E-state index contributed by atoms with van der Waals surface area (Å²) in [6.45, 7) is 0. The van der Waals surface area contributed by atoms with Crippen LogP contribution in [-0.4, -0.2) is 45.7 Å². The van der Waals surface area contributed by atoms with Crippen LogP contribution in [0, 0.1) is 20.2 Å². The molecule has 20 heteroatoms. The number of nitrogens with zero attached hydrogens (tertiary/aromatic N) is 5. The molecule has 0 saturated heterocycles. The number of rotatable bonds is 7. The molecule has 0 atom stereocenters. The average molecular weight is 1930 g/mol. The van der Waals surface area contributed by atoms with Crippen molar-refractivity contribution in [1.82, 2.24) is 18.7 Å². The zero-order chi connectivity index (χ0) is 87.3. The Kier molecular flexibility index (Phi) is 23.4.